The van der Waals surface area contributed by atoms with Crippen molar-refractivity contribution in [3.8, 4) is 0 Å². The Kier molecular flexibility index (Phi) is 5.14. The van der Waals surface area contributed by atoms with Crippen molar-refractivity contribution in [1.82, 2.24) is 4.57 Å². The second kappa shape index (κ2) is 6.49. The van der Waals surface area contributed by atoms with Crippen molar-refractivity contribution >= 4 is 61.7 Å². The molecule has 0 aliphatic rings. The fraction of sp³-hybridized carbons (Fsp3) is 0.214. The van der Waals surface area contributed by atoms with E-state index in [1.165, 1.54) is 0 Å². The zero-order valence-electron chi connectivity index (χ0n) is 11.0. The van der Waals surface area contributed by atoms with Gasteiger partial charge in [-0.25, -0.2) is 0 Å². The van der Waals surface area contributed by atoms with Gasteiger partial charge < -0.3 is 9.88 Å². The van der Waals surface area contributed by atoms with Crippen LogP contribution in [0.25, 0.3) is 0 Å². The second-order valence-electron chi connectivity index (χ2n) is 4.62. The number of aromatic nitrogens is 1. The van der Waals surface area contributed by atoms with Gasteiger partial charge in [0.2, 0.25) is 0 Å². The molecule has 0 saturated heterocycles. The summed E-state index contributed by atoms with van der Waals surface area (Å²) in [5.74, 6) is -0.174. The van der Waals surface area contributed by atoms with E-state index in [1.54, 1.807) is 12.1 Å². The lowest BCUT2D eigenvalue weighted by Crippen LogP contribution is -2.18. The predicted molar refractivity (Wildman–Crippen MR) is 94.6 cm³/mol. The van der Waals surface area contributed by atoms with Gasteiger partial charge in [0.1, 0.15) is 5.69 Å². The van der Waals surface area contributed by atoms with E-state index in [0.717, 1.165) is 8.04 Å². The molecule has 0 aliphatic carbocycles. The van der Waals surface area contributed by atoms with E-state index >= 15 is 0 Å². The number of carbonyl (C=O) groups is 1. The van der Waals surface area contributed by atoms with Crippen LogP contribution in [-0.2, 0) is 0 Å². The maximum atomic E-state index is 12.4. The summed E-state index contributed by atoms with van der Waals surface area (Å²) < 4.78 is 3.82. The number of carbonyl (C=O) groups excluding carboxylic acids is 1. The molecule has 0 spiro atoms. The molecule has 1 heterocycles. The van der Waals surface area contributed by atoms with Crippen LogP contribution in [-0.4, -0.2) is 10.5 Å². The van der Waals surface area contributed by atoms with Crippen LogP contribution in [0.15, 0.2) is 34.9 Å². The molecule has 1 aromatic heterocycles. The zero-order chi connectivity index (χ0) is 14.9. The van der Waals surface area contributed by atoms with Gasteiger partial charge in [-0.3, -0.25) is 4.79 Å². The van der Waals surface area contributed by atoms with Gasteiger partial charge in [0.25, 0.3) is 5.91 Å². The molecule has 0 unspecified atom stereocenters. The summed E-state index contributed by atoms with van der Waals surface area (Å²) in [5.41, 5.74) is 1.21. The van der Waals surface area contributed by atoms with Crippen molar-refractivity contribution in [2.75, 3.05) is 5.32 Å². The van der Waals surface area contributed by atoms with Gasteiger partial charge in [-0.2, -0.15) is 0 Å². The molecular formula is C14H13BrClIN2O. The van der Waals surface area contributed by atoms with E-state index in [-0.39, 0.29) is 11.9 Å². The molecule has 0 fully saturated rings. The predicted octanol–water partition coefficient (Wildman–Crippen LogP) is 5.34. The Morgan fingerprint density at radius 2 is 2.10 bits per heavy atom. The third-order valence-electron chi connectivity index (χ3n) is 2.78. The quantitative estimate of drug-likeness (QED) is 0.608. The summed E-state index contributed by atoms with van der Waals surface area (Å²) in [6.07, 6.45) is 1.90. The van der Waals surface area contributed by atoms with Crippen LogP contribution in [0.2, 0.25) is 5.02 Å². The topological polar surface area (TPSA) is 34.0 Å². The van der Waals surface area contributed by atoms with Crippen LogP contribution in [0, 0.1) is 3.57 Å². The van der Waals surface area contributed by atoms with Gasteiger partial charge in [-0.1, -0.05) is 11.6 Å². The van der Waals surface area contributed by atoms with Gasteiger partial charge in [-0.15, -0.1) is 0 Å². The first-order valence-corrected chi connectivity index (χ1v) is 8.27. The van der Waals surface area contributed by atoms with Crippen molar-refractivity contribution < 1.29 is 4.79 Å². The third-order valence-corrected chi connectivity index (χ3v) is 4.20. The number of halogens is 3. The number of hydrogen-bond acceptors (Lipinski definition) is 1. The van der Waals surface area contributed by atoms with Crippen molar-refractivity contribution in [3.05, 3.63) is 49.2 Å². The number of anilines is 1. The van der Waals surface area contributed by atoms with Gasteiger partial charge in [0, 0.05) is 20.3 Å². The average molecular weight is 468 g/mol. The number of nitrogens with one attached hydrogen (secondary N) is 1. The normalized spacial score (nSPS) is 10.9. The highest BCUT2D eigenvalue weighted by Crippen LogP contribution is 2.25. The third kappa shape index (κ3) is 3.56. The lowest BCUT2D eigenvalue weighted by molar-refractivity contribution is 0.101. The summed E-state index contributed by atoms with van der Waals surface area (Å²) >= 11 is 11.7. The first-order chi connectivity index (χ1) is 9.38. The number of rotatable bonds is 3. The molecule has 0 aliphatic heterocycles. The Labute approximate surface area is 145 Å². The van der Waals surface area contributed by atoms with Crippen LogP contribution in [0.3, 0.4) is 0 Å². The van der Waals surface area contributed by atoms with Crippen molar-refractivity contribution in [2.24, 2.45) is 0 Å². The monoisotopic (exact) mass is 466 g/mol. The van der Waals surface area contributed by atoms with E-state index in [4.69, 9.17) is 11.6 Å². The molecule has 0 saturated carbocycles. The van der Waals surface area contributed by atoms with E-state index in [9.17, 15) is 4.79 Å². The number of benzene rings is 1. The molecule has 0 atom stereocenters. The van der Waals surface area contributed by atoms with Crippen LogP contribution in [0.1, 0.15) is 30.4 Å². The van der Waals surface area contributed by atoms with E-state index in [0.29, 0.717) is 16.4 Å². The Morgan fingerprint density at radius 3 is 2.70 bits per heavy atom. The standard InChI is InChI=1S/C14H13BrClIN2O/c1-8(2)19-7-9(15)5-13(19)14(20)18-12-4-3-10(17)6-11(12)16/h3-8H,1-2H3,(H,18,20). The number of nitrogens with zero attached hydrogens (tertiary/aromatic N) is 1. The largest absolute Gasteiger partial charge is 0.340 e. The summed E-state index contributed by atoms with van der Waals surface area (Å²) in [6, 6.07) is 7.53. The first kappa shape index (κ1) is 15.9. The first-order valence-electron chi connectivity index (χ1n) is 6.02. The molecular weight excluding hydrogens is 454 g/mol. The molecule has 1 N–H and O–H groups in total. The minimum Gasteiger partial charge on any atom is -0.340 e. The van der Waals surface area contributed by atoms with Crippen molar-refractivity contribution in [1.29, 1.82) is 0 Å². The van der Waals surface area contributed by atoms with Crippen LogP contribution < -0.4 is 5.32 Å². The molecule has 2 rings (SSSR count). The highest BCUT2D eigenvalue weighted by molar-refractivity contribution is 14.1. The molecule has 106 valence electrons. The molecule has 3 nitrogen and oxygen atoms in total. The summed E-state index contributed by atoms with van der Waals surface area (Å²) in [5, 5.41) is 3.38. The molecule has 20 heavy (non-hydrogen) atoms. The van der Waals surface area contributed by atoms with Crippen LogP contribution in [0.5, 0.6) is 0 Å². The second-order valence-corrected chi connectivity index (χ2v) is 7.19. The van der Waals surface area contributed by atoms with Crippen molar-refractivity contribution in [2.45, 2.75) is 19.9 Å². The van der Waals surface area contributed by atoms with Crippen LogP contribution in [0.4, 0.5) is 5.69 Å². The van der Waals surface area contributed by atoms with E-state index in [1.807, 2.05) is 36.7 Å². The average Bonchev–Trinajstić information content (AvgIpc) is 2.75. The summed E-state index contributed by atoms with van der Waals surface area (Å²) in [4.78, 5) is 12.4. The molecule has 6 heteroatoms. The van der Waals surface area contributed by atoms with Crippen LogP contribution >= 0.6 is 50.1 Å². The van der Waals surface area contributed by atoms with Gasteiger partial charge in [-0.05, 0) is 76.6 Å². The fourth-order valence-corrected chi connectivity index (χ4v) is 3.17. The highest BCUT2D eigenvalue weighted by atomic mass is 127. The zero-order valence-corrected chi connectivity index (χ0v) is 15.5. The van der Waals surface area contributed by atoms with Crippen molar-refractivity contribution in [3.63, 3.8) is 0 Å². The highest BCUT2D eigenvalue weighted by Gasteiger charge is 2.16. The summed E-state index contributed by atoms with van der Waals surface area (Å²) in [7, 11) is 0. The molecule has 1 aromatic carbocycles. The van der Waals surface area contributed by atoms with E-state index in [2.05, 4.69) is 43.8 Å². The lowest BCUT2D eigenvalue weighted by atomic mass is 10.3. The Morgan fingerprint density at radius 1 is 1.40 bits per heavy atom. The minimum atomic E-state index is -0.174. The Hall–Kier alpha value is -0.530. The molecule has 1 amide bonds. The lowest BCUT2D eigenvalue weighted by Gasteiger charge is -2.13. The smallest absolute Gasteiger partial charge is 0.272 e. The minimum absolute atomic E-state index is 0.174. The Bertz CT molecular complexity index is 655. The maximum Gasteiger partial charge on any atom is 0.272 e. The molecule has 0 bridgehead atoms. The maximum absolute atomic E-state index is 12.4. The SMILES string of the molecule is CC(C)n1cc(Br)cc1C(=O)Nc1ccc(I)cc1Cl. The fourth-order valence-electron chi connectivity index (χ4n) is 1.83. The van der Waals surface area contributed by atoms with Gasteiger partial charge in [0.15, 0.2) is 0 Å². The summed E-state index contributed by atoms with van der Waals surface area (Å²) in [6.45, 7) is 4.06. The number of amides is 1. The Balaban J connectivity index is 2.28. The molecule has 0 radical (unpaired) electrons. The van der Waals surface area contributed by atoms with Gasteiger partial charge >= 0.3 is 0 Å². The number of hydrogen-bond donors (Lipinski definition) is 1. The molecule has 2 aromatic rings. The van der Waals surface area contributed by atoms with Gasteiger partial charge in [0.05, 0.1) is 10.7 Å². The van der Waals surface area contributed by atoms with E-state index < -0.39 is 0 Å².